The molecule has 1 spiro atoms. The number of rotatable bonds is 2. The summed E-state index contributed by atoms with van der Waals surface area (Å²) in [4.78, 5) is 26.6. The molecule has 26 heavy (non-hydrogen) atoms. The maximum Gasteiger partial charge on any atom is 0.252 e. The van der Waals surface area contributed by atoms with Crippen molar-refractivity contribution in [3.63, 3.8) is 0 Å². The van der Waals surface area contributed by atoms with Crippen LogP contribution in [0.3, 0.4) is 0 Å². The van der Waals surface area contributed by atoms with Crippen molar-refractivity contribution in [3.05, 3.63) is 65.2 Å². The van der Waals surface area contributed by atoms with E-state index in [0.29, 0.717) is 18.6 Å². The fourth-order valence-electron chi connectivity index (χ4n) is 4.41. The van der Waals surface area contributed by atoms with Gasteiger partial charge in [-0.2, -0.15) is 0 Å². The van der Waals surface area contributed by atoms with E-state index in [-0.39, 0.29) is 23.3 Å². The number of carbonyl (C=O) groups is 2. The Labute approximate surface area is 152 Å². The van der Waals surface area contributed by atoms with Gasteiger partial charge in [0, 0.05) is 24.1 Å². The van der Waals surface area contributed by atoms with E-state index in [9.17, 15) is 9.59 Å². The largest absolute Gasteiger partial charge is 0.493 e. The van der Waals surface area contributed by atoms with Crippen LogP contribution >= 0.6 is 0 Å². The highest BCUT2D eigenvalue weighted by atomic mass is 16.5. The van der Waals surface area contributed by atoms with Gasteiger partial charge in [0.05, 0.1) is 19.1 Å². The third kappa shape index (κ3) is 2.38. The predicted molar refractivity (Wildman–Crippen MR) is 95.9 cm³/mol. The Hall–Kier alpha value is -2.82. The molecule has 0 bridgehead atoms. The Balaban J connectivity index is 1.24. The number of ether oxygens (including phenoxy) is 1. The first-order valence-electron chi connectivity index (χ1n) is 9.02. The average molecular weight is 348 g/mol. The standard InChI is InChI=1S/C21H20N2O3/c24-19(9-17-15-6-2-3-7-16(15)20(25)22-17)23-11-21(12-23)10-14-5-1-4-8-18(14)26-13-21/h1-8,17H,9-13H2,(H,22,25). The van der Waals surface area contributed by atoms with Crippen molar-refractivity contribution in [2.75, 3.05) is 19.7 Å². The minimum absolute atomic E-state index is 0.0425. The Morgan fingerprint density at radius 3 is 2.81 bits per heavy atom. The monoisotopic (exact) mass is 348 g/mol. The van der Waals surface area contributed by atoms with E-state index in [0.717, 1.165) is 30.8 Å². The number of nitrogens with one attached hydrogen (secondary N) is 1. The molecular weight excluding hydrogens is 328 g/mol. The van der Waals surface area contributed by atoms with E-state index in [1.807, 2.05) is 47.4 Å². The quantitative estimate of drug-likeness (QED) is 0.906. The van der Waals surface area contributed by atoms with Crippen molar-refractivity contribution < 1.29 is 14.3 Å². The van der Waals surface area contributed by atoms with E-state index >= 15 is 0 Å². The molecule has 132 valence electrons. The summed E-state index contributed by atoms with van der Waals surface area (Å²) in [5.41, 5.74) is 2.88. The van der Waals surface area contributed by atoms with Crippen LogP contribution in [0, 0.1) is 5.41 Å². The fourth-order valence-corrected chi connectivity index (χ4v) is 4.41. The Bertz CT molecular complexity index is 902. The number of benzene rings is 2. The Morgan fingerprint density at radius 2 is 1.92 bits per heavy atom. The van der Waals surface area contributed by atoms with E-state index in [4.69, 9.17) is 4.74 Å². The maximum absolute atomic E-state index is 12.7. The van der Waals surface area contributed by atoms with Crippen molar-refractivity contribution in [2.45, 2.75) is 18.9 Å². The van der Waals surface area contributed by atoms with Crippen molar-refractivity contribution in [3.8, 4) is 5.75 Å². The SMILES string of the molecule is O=C1NC(CC(=O)N2CC3(COc4ccccc4C3)C2)c2ccccc21. The van der Waals surface area contributed by atoms with Crippen molar-refractivity contribution in [1.29, 1.82) is 0 Å². The van der Waals surface area contributed by atoms with Crippen LogP contribution in [0.15, 0.2) is 48.5 Å². The molecule has 1 unspecified atom stereocenters. The number of hydrogen-bond acceptors (Lipinski definition) is 3. The normalized spacial score (nSPS) is 22.1. The van der Waals surface area contributed by atoms with Gasteiger partial charge in [0.1, 0.15) is 5.75 Å². The van der Waals surface area contributed by atoms with Crippen molar-refractivity contribution in [2.24, 2.45) is 5.41 Å². The first kappa shape index (κ1) is 15.4. The first-order chi connectivity index (χ1) is 12.6. The maximum atomic E-state index is 12.7. The van der Waals surface area contributed by atoms with E-state index in [2.05, 4.69) is 11.4 Å². The summed E-state index contributed by atoms with van der Waals surface area (Å²) in [6, 6.07) is 15.4. The van der Waals surface area contributed by atoms with Crippen LogP contribution in [-0.2, 0) is 11.2 Å². The molecule has 5 nitrogen and oxygen atoms in total. The van der Waals surface area contributed by atoms with Gasteiger partial charge in [-0.25, -0.2) is 0 Å². The number of hydrogen-bond donors (Lipinski definition) is 1. The fraction of sp³-hybridized carbons (Fsp3) is 0.333. The summed E-state index contributed by atoms with van der Waals surface area (Å²) in [6.07, 6.45) is 1.27. The molecule has 1 fully saturated rings. The lowest BCUT2D eigenvalue weighted by molar-refractivity contribution is -0.146. The number of para-hydroxylation sites is 1. The highest BCUT2D eigenvalue weighted by molar-refractivity contribution is 5.99. The summed E-state index contributed by atoms with van der Waals surface area (Å²) in [5.74, 6) is 0.973. The van der Waals surface area contributed by atoms with Gasteiger partial charge >= 0.3 is 0 Å². The molecule has 3 aliphatic rings. The second kappa shape index (κ2) is 5.59. The van der Waals surface area contributed by atoms with Crippen LogP contribution in [0.1, 0.15) is 33.9 Å². The van der Waals surface area contributed by atoms with Crippen LogP contribution in [0.25, 0.3) is 0 Å². The molecule has 0 aromatic heterocycles. The Morgan fingerprint density at radius 1 is 1.15 bits per heavy atom. The molecule has 1 saturated heterocycles. The van der Waals surface area contributed by atoms with Gasteiger partial charge in [-0.3, -0.25) is 9.59 Å². The van der Waals surface area contributed by atoms with Gasteiger partial charge in [-0.1, -0.05) is 36.4 Å². The molecule has 2 aromatic carbocycles. The average Bonchev–Trinajstić information content (AvgIpc) is 2.95. The molecule has 0 radical (unpaired) electrons. The first-order valence-corrected chi connectivity index (χ1v) is 9.02. The summed E-state index contributed by atoms with van der Waals surface area (Å²) in [5, 5.41) is 2.93. The van der Waals surface area contributed by atoms with Crippen LogP contribution in [0.2, 0.25) is 0 Å². The lowest BCUT2D eigenvalue weighted by Gasteiger charge is -2.52. The summed E-state index contributed by atoms with van der Waals surface area (Å²) < 4.78 is 5.91. The third-order valence-corrected chi connectivity index (χ3v) is 5.74. The molecule has 0 saturated carbocycles. The zero-order valence-corrected chi connectivity index (χ0v) is 14.4. The summed E-state index contributed by atoms with van der Waals surface area (Å²) in [7, 11) is 0. The van der Waals surface area contributed by atoms with Gasteiger partial charge < -0.3 is 15.0 Å². The molecular formula is C21H20N2O3. The smallest absolute Gasteiger partial charge is 0.252 e. The van der Waals surface area contributed by atoms with Crippen LogP contribution in [0.5, 0.6) is 5.75 Å². The summed E-state index contributed by atoms with van der Waals surface area (Å²) in [6.45, 7) is 2.11. The van der Waals surface area contributed by atoms with Crippen LogP contribution in [0.4, 0.5) is 0 Å². The lowest BCUT2D eigenvalue weighted by atomic mass is 9.73. The predicted octanol–water partition coefficient (Wildman–Crippen LogP) is 2.32. The van der Waals surface area contributed by atoms with E-state index < -0.39 is 0 Å². The molecule has 5 heteroatoms. The second-order valence-corrected chi connectivity index (χ2v) is 7.64. The number of carbonyl (C=O) groups excluding carboxylic acids is 2. The van der Waals surface area contributed by atoms with Crippen LogP contribution < -0.4 is 10.1 Å². The number of amides is 2. The number of fused-ring (bicyclic) bond motifs is 2. The zero-order valence-electron chi connectivity index (χ0n) is 14.4. The lowest BCUT2D eigenvalue weighted by Crippen LogP contribution is -2.63. The minimum Gasteiger partial charge on any atom is -0.493 e. The highest BCUT2D eigenvalue weighted by Crippen LogP contribution is 2.41. The van der Waals surface area contributed by atoms with Crippen molar-refractivity contribution in [1.82, 2.24) is 10.2 Å². The molecule has 1 atom stereocenters. The van der Waals surface area contributed by atoms with Crippen LogP contribution in [-0.4, -0.2) is 36.4 Å². The van der Waals surface area contributed by atoms with Gasteiger partial charge in [0.25, 0.3) is 5.91 Å². The molecule has 2 aromatic rings. The number of likely N-dealkylation sites (tertiary alicyclic amines) is 1. The molecule has 2 amide bonds. The van der Waals surface area contributed by atoms with Gasteiger partial charge in [-0.15, -0.1) is 0 Å². The second-order valence-electron chi connectivity index (χ2n) is 7.64. The molecule has 3 heterocycles. The molecule has 1 N–H and O–H groups in total. The Kier molecular flexibility index (Phi) is 3.32. The van der Waals surface area contributed by atoms with Crippen molar-refractivity contribution >= 4 is 11.8 Å². The molecule has 0 aliphatic carbocycles. The zero-order chi connectivity index (χ0) is 17.7. The number of nitrogens with zero attached hydrogens (tertiary/aromatic N) is 1. The topological polar surface area (TPSA) is 58.6 Å². The van der Waals surface area contributed by atoms with Gasteiger partial charge in [0.15, 0.2) is 0 Å². The molecule has 3 aliphatic heterocycles. The third-order valence-electron chi connectivity index (χ3n) is 5.74. The van der Waals surface area contributed by atoms with E-state index in [1.165, 1.54) is 5.56 Å². The van der Waals surface area contributed by atoms with E-state index in [1.54, 1.807) is 0 Å². The highest BCUT2D eigenvalue weighted by Gasteiger charge is 2.48. The van der Waals surface area contributed by atoms with Gasteiger partial charge in [-0.05, 0) is 29.7 Å². The minimum atomic E-state index is -0.217. The van der Waals surface area contributed by atoms with Gasteiger partial charge in [0.2, 0.25) is 5.91 Å². The molecule has 5 rings (SSSR count). The summed E-state index contributed by atoms with van der Waals surface area (Å²) >= 11 is 0.